The lowest BCUT2D eigenvalue weighted by Gasteiger charge is -2.21. The van der Waals surface area contributed by atoms with Crippen LogP contribution in [0.3, 0.4) is 0 Å². The predicted octanol–water partition coefficient (Wildman–Crippen LogP) is 4.44. The summed E-state index contributed by atoms with van der Waals surface area (Å²) in [5, 5.41) is 0. The molecule has 2 rings (SSSR count). The van der Waals surface area contributed by atoms with Gasteiger partial charge in [0.15, 0.2) is 0 Å². The van der Waals surface area contributed by atoms with Gasteiger partial charge in [0.05, 0.1) is 0 Å². The zero-order valence-corrected chi connectivity index (χ0v) is 10.9. The van der Waals surface area contributed by atoms with Gasteiger partial charge >= 0.3 is 0 Å². The van der Waals surface area contributed by atoms with Gasteiger partial charge in [-0.25, -0.2) is 4.39 Å². The van der Waals surface area contributed by atoms with Crippen LogP contribution in [0.15, 0.2) is 59.8 Å². The first-order chi connectivity index (χ1) is 8.70. The van der Waals surface area contributed by atoms with Crippen molar-refractivity contribution in [3.8, 4) is 0 Å². The standard InChI is InChI=1S/C16H18FN/c1-3-13-6-4-5-7-16(12-13)18(2)15-10-8-14(17)9-11-15/h4-5,7-12H,3,6H2,1-2H3. The molecule has 1 aromatic rings. The number of anilines is 1. The van der Waals surface area contributed by atoms with Gasteiger partial charge in [-0.1, -0.05) is 24.6 Å². The number of likely N-dealkylation sites (N-methyl/N-ethyl adjacent to an activating group) is 1. The maximum absolute atomic E-state index is 12.9. The Morgan fingerprint density at radius 1 is 1.22 bits per heavy atom. The van der Waals surface area contributed by atoms with E-state index in [2.05, 4.69) is 36.1 Å². The zero-order valence-electron chi connectivity index (χ0n) is 10.9. The van der Waals surface area contributed by atoms with Crippen molar-refractivity contribution in [1.82, 2.24) is 0 Å². The summed E-state index contributed by atoms with van der Waals surface area (Å²) in [7, 11) is 2.00. The Kier molecular flexibility index (Phi) is 3.98. The van der Waals surface area contributed by atoms with Crippen LogP contribution < -0.4 is 4.90 Å². The lowest BCUT2D eigenvalue weighted by molar-refractivity contribution is 0.628. The van der Waals surface area contributed by atoms with E-state index in [1.807, 2.05) is 7.05 Å². The fraction of sp³-hybridized carbons (Fsp3) is 0.250. The number of allylic oxidation sites excluding steroid dienone is 5. The minimum atomic E-state index is -0.202. The van der Waals surface area contributed by atoms with Gasteiger partial charge in [0, 0.05) is 18.4 Å². The Labute approximate surface area is 108 Å². The summed E-state index contributed by atoms with van der Waals surface area (Å²) < 4.78 is 12.9. The van der Waals surface area contributed by atoms with E-state index in [9.17, 15) is 4.39 Å². The van der Waals surface area contributed by atoms with Crippen LogP contribution in [0.1, 0.15) is 19.8 Å². The molecule has 0 amide bonds. The molecule has 0 unspecified atom stereocenters. The molecule has 0 fully saturated rings. The molecule has 94 valence electrons. The Balaban J connectivity index is 2.27. The average molecular weight is 243 g/mol. The molecule has 0 spiro atoms. The average Bonchev–Trinajstić information content (AvgIpc) is 2.64. The van der Waals surface area contributed by atoms with Gasteiger partial charge in [0.2, 0.25) is 0 Å². The summed E-state index contributed by atoms with van der Waals surface area (Å²) >= 11 is 0. The van der Waals surface area contributed by atoms with Crippen LogP contribution in [0.4, 0.5) is 10.1 Å². The molecule has 1 aromatic carbocycles. The molecule has 18 heavy (non-hydrogen) atoms. The van der Waals surface area contributed by atoms with Gasteiger partial charge in [-0.3, -0.25) is 0 Å². The highest BCUT2D eigenvalue weighted by Gasteiger charge is 2.07. The van der Waals surface area contributed by atoms with E-state index in [4.69, 9.17) is 0 Å². The number of hydrogen-bond donors (Lipinski definition) is 0. The lowest BCUT2D eigenvalue weighted by Crippen LogP contribution is -2.15. The number of benzene rings is 1. The topological polar surface area (TPSA) is 3.24 Å². The first-order valence-corrected chi connectivity index (χ1v) is 6.26. The molecule has 1 aliphatic rings. The summed E-state index contributed by atoms with van der Waals surface area (Å²) in [5.74, 6) is -0.202. The van der Waals surface area contributed by atoms with E-state index in [0.717, 1.165) is 24.2 Å². The van der Waals surface area contributed by atoms with Crippen LogP contribution in [0.25, 0.3) is 0 Å². The summed E-state index contributed by atoms with van der Waals surface area (Å²) in [6.07, 6.45) is 10.6. The molecule has 0 N–H and O–H groups in total. The molecule has 0 radical (unpaired) electrons. The van der Waals surface area contributed by atoms with Gasteiger partial charge in [-0.15, -0.1) is 0 Å². The third-order valence-corrected chi connectivity index (χ3v) is 3.19. The normalized spacial score (nSPS) is 14.8. The molecule has 0 saturated carbocycles. The van der Waals surface area contributed by atoms with Gasteiger partial charge < -0.3 is 4.90 Å². The lowest BCUT2D eigenvalue weighted by atomic mass is 10.1. The van der Waals surface area contributed by atoms with E-state index in [-0.39, 0.29) is 5.82 Å². The molecule has 0 heterocycles. The van der Waals surface area contributed by atoms with Crippen LogP contribution in [0.5, 0.6) is 0 Å². The highest BCUT2D eigenvalue weighted by atomic mass is 19.1. The largest absolute Gasteiger partial charge is 0.345 e. The van der Waals surface area contributed by atoms with Gasteiger partial charge in [-0.2, -0.15) is 0 Å². The van der Waals surface area contributed by atoms with Crippen molar-refractivity contribution >= 4 is 5.69 Å². The minimum Gasteiger partial charge on any atom is -0.345 e. The Bertz CT molecular complexity index is 494. The molecule has 1 aliphatic carbocycles. The molecule has 0 saturated heterocycles. The van der Waals surface area contributed by atoms with Gasteiger partial charge in [0.1, 0.15) is 5.82 Å². The number of halogens is 1. The highest BCUT2D eigenvalue weighted by molar-refractivity contribution is 5.55. The predicted molar refractivity (Wildman–Crippen MR) is 75.0 cm³/mol. The Hall–Kier alpha value is -1.83. The van der Waals surface area contributed by atoms with Crippen molar-refractivity contribution in [2.75, 3.05) is 11.9 Å². The molecule has 0 bridgehead atoms. The van der Waals surface area contributed by atoms with Crippen molar-refractivity contribution in [3.05, 3.63) is 65.7 Å². The van der Waals surface area contributed by atoms with Gasteiger partial charge in [0.25, 0.3) is 0 Å². The highest BCUT2D eigenvalue weighted by Crippen LogP contribution is 2.22. The Morgan fingerprint density at radius 3 is 2.61 bits per heavy atom. The quantitative estimate of drug-likeness (QED) is 0.758. The smallest absolute Gasteiger partial charge is 0.123 e. The van der Waals surface area contributed by atoms with E-state index in [0.29, 0.717) is 0 Å². The van der Waals surface area contributed by atoms with E-state index >= 15 is 0 Å². The van der Waals surface area contributed by atoms with Gasteiger partial charge in [-0.05, 0) is 49.3 Å². The molecule has 0 aromatic heterocycles. The fourth-order valence-corrected chi connectivity index (χ4v) is 1.97. The van der Waals surface area contributed by atoms with Crippen molar-refractivity contribution in [2.45, 2.75) is 19.8 Å². The number of hydrogen-bond acceptors (Lipinski definition) is 1. The van der Waals surface area contributed by atoms with Crippen molar-refractivity contribution < 1.29 is 4.39 Å². The summed E-state index contributed by atoms with van der Waals surface area (Å²) in [6, 6.07) is 6.57. The molecule has 1 nitrogen and oxygen atoms in total. The molecule has 0 atom stereocenters. The summed E-state index contributed by atoms with van der Waals surface area (Å²) in [4.78, 5) is 2.07. The third-order valence-electron chi connectivity index (χ3n) is 3.19. The van der Waals surface area contributed by atoms with E-state index < -0.39 is 0 Å². The SMILES string of the molecule is CCC1=CC(N(C)c2ccc(F)cc2)=CC=CC1. The zero-order chi connectivity index (χ0) is 13.0. The van der Waals surface area contributed by atoms with Crippen LogP contribution >= 0.6 is 0 Å². The van der Waals surface area contributed by atoms with Crippen LogP contribution in [0.2, 0.25) is 0 Å². The third kappa shape index (κ3) is 2.89. The maximum Gasteiger partial charge on any atom is 0.123 e. The molecule has 2 heteroatoms. The second-order valence-electron chi connectivity index (χ2n) is 4.42. The van der Waals surface area contributed by atoms with Crippen LogP contribution in [0, 0.1) is 5.82 Å². The van der Waals surface area contributed by atoms with Crippen molar-refractivity contribution in [2.24, 2.45) is 0 Å². The first-order valence-electron chi connectivity index (χ1n) is 6.26. The maximum atomic E-state index is 12.9. The molecular weight excluding hydrogens is 225 g/mol. The minimum absolute atomic E-state index is 0.202. The second kappa shape index (κ2) is 5.67. The number of rotatable bonds is 3. The number of nitrogens with zero attached hydrogens (tertiary/aromatic N) is 1. The fourth-order valence-electron chi connectivity index (χ4n) is 1.97. The van der Waals surface area contributed by atoms with Crippen molar-refractivity contribution in [3.63, 3.8) is 0 Å². The van der Waals surface area contributed by atoms with E-state index in [1.165, 1.54) is 17.7 Å². The van der Waals surface area contributed by atoms with Crippen LogP contribution in [-0.4, -0.2) is 7.05 Å². The summed E-state index contributed by atoms with van der Waals surface area (Å²) in [5.41, 5.74) is 3.53. The Morgan fingerprint density at radius 2 is 1.94 bits per heavy atom. The molecular formula is C16H18FN. The van der Waals surface area contributed by atoms with Crippen LogP contribution in [-0.2, 0) is 0 Å². The monoisotopic (exact) mass is 243 g/mol. The summed E-state index contributed by atoms with van der Waals surface area (Å²) in [6.45, 7) is 2.17. The second-order valence-corrected chi connectivity index (χ2v) is 4.42. The van der Waals surface area contributed by atoms with E-state index in [1.54, 1.807) is 12.1 Å². The van der Waals surface area contributed by atoms with Crippen molar-refractivity contribution in [1.29, 1.82) is 0 Å². The molecule has 0 aliphatic heterocycles. The first kappa shape index (κ1) is 12.6.